The van der Waals surface area contributed by atoms with Crippen LogP contribution in [0.4, 0.5) is 5.69 Å². The predicted molar refractivity (Wildman–Crippen MR) is 129 cm³/mol. The van der Waals surface area contributed by atoms with Gasteiger partial charge in [0.15, 0.2) is 5.65 Å². The zero-order valence-corrected chi connectivity index (χ0v) is 19.1. The van der Waals surface area contributed by atoms with Gasteiger partial charge in [0.2, 0.25) is 5.91 Å². The second-order valence-electron chi connectivity index (χ2n) is 8.10. The average Bonchev–Trinajstić information content (AvgIpc) is 3.39. The minimum atomic E-state index is -0.395. The Bertz CT molecular complexity index is 1580. The number of benzene rings is 2. The number of carbonyl (C=O) groups excluding carboxylic acids is 1. The van der Waals surface area contributed by atoms with E-state index in [0.717, 1.165) is 21.7 Å². The van der Waals surface area contributed by atoms with Crippen LogP contribution in [-0.2, 0) is 11.3 Å². The van der Waals surface area contributed by atoms with Crippen molar-refractivity contribution in [3.63, 3.8) is 0 Å². The SMILES string of the molecule is CCOc1ccc(NC(=O)Cn2nc3c4cc(-c5ccc(C)c(C)c5)nn4ccn3c2=O)cc1. The number of hydrogen-bond acceptors (Lipinski definition) is 5. The van der Waals surface area contributed by atoms with E-state index in [4.69, 9.17) is 4.74 Å². The third-order valence-electron chi connectivity index (χ3n) is 5.74. The Labute approximate surface area is 195 Å². The molecular weight excluding hydrogens is 432 g/mol. The first-order valence-corrected chi connectivity index (χ1v) is 11.0. The molecule has 0 bridgehead atoms. The lowest BCUT2D eigenvalue weighted by atomic mass is 10.0. The van der Waals surface area contributed by atoms with Gasteiger partial charge in [0.1, 0.15) is 17.8 Å². The number of nitrogens with zero attached hydrogens (tertiary/aromatic N) is 5. The third-order valence-corrected chi connectivity index (χ3v) is 5.74. The molecule has 0 saturated carbocycles. The number of aromatic nitrogens is 5. The summed E-state index contributed by atoms with van der Waals surface area (Å²) in [5.41, 5.74) is 5.49. The Morgan fingerprint density at radius 2 is 1.79 bits per heavy atom. The molecule has 0 aliphatic carbocycles. The molecule has 0 radical (unpaired) electrons. The Balaban J connectivity index is 1.43. The van der Waals surface area contributed by atoms with Crippen molar-refractivity contribution in [1.82, 2.24) is 23.8 Å². The van der Waals surface area contributed by atoms with Crippen LogP contribution in [0.3, 0.4) is 0 Å². The van der Waals surface area contributed by atoms with Gasteiger partial charge in [0.25, 0.3) is 0 Å². The smallest absolute Gasteiger partial charge is 0.350 e. The highest BCUT2D eigenvalue weighted by atomic mass is 16.5. The van der Waals surface area contributed by atoms with E-state index >= 15 is 0 Å². The summed E-state index contributed by atoms with van der Waals surface area (Å²) in [6, 6.07) is 15.1. The van der Waals surface area contributed by atoms with Crippen LogP contribution in [0.25, 0.3) is 22.4 Å². The number of fused-ring (bicyclic) bond motifs is 3. The average molecular weight is 457 g/mol. The van der Waals surface area contributed by atoms with Gasteiger partial charge in [-0.05, 0) is 68.3 Å². The lowest BCUT2D eigenvalue weighted by molar-refractivity contribution is -0.117. The number of carbonyl (C=O) groups is 1. The molecule has 172 valence electrons. The molecule has 0 aliphatic heterocycles. The van der Waals surface area contributed by atoms with Gasteiger partial charge in [-0.25, -0.2) is 18.4 Å². The summed E-state index contributed by atoms with van der Waals surface area (Å²) < 4.78 is 9.68. The second kappa shape index (κ2) is 8.51. The van der Waals surface area contributed by atoms with E-state index in [9.17, 15) is 9.59 Å². The molecule has 0 saturated heterocycles. The standard InChI is InChI=1S/C25H24N6O3/c1-4-34-20-9-7-19(8-10-20)26-23(32)15-31-25(33)29-11-12-30-22(24(29)28-31)14-21(27-30)18-6-5-16(2)17(3)13-18/h5-14H,4,15H2,1-3H3,(H,26,32). The summed E-state index contributed by atoms with van der Waals surface area (Å²) in [7, 11) is 0. The second-order valence-corrected chi connectivity index (χ2v) is 8.10. The molecule has 9 nitrogen and oxygen atoms in total. The fourth-order valence-electron chi connectivity index (χ4n) is 3.82. The highest BCUT2D eigenvalue weighted by Crippen LogP contribution is 2.23. The number of rotatable bonds is 6. The van der Waals surface area contributed by atoms with Crippen LogP contribution in [0.1, 0.15) is 18.1 Å². The molecule has 0 spiro atoms. The van der Waals surface area contributed by atoms with Crippen molar-refractivity contribution in [3.05, 3.63) is 82.5 Å². The van der Waals surface area contributed by atoms with Crippen molar-refractivity contribution in [2.75, 3.05) is 11.9 Å². The minimum absolute atomic E-state index is 0.210. The van der Waals surface area contributed by atoms with Crippen molar-refractivity contribution in [1.29, 1.82) is 0 Å². The fraction of sp³-hybridized carbons (Fsp3) is 0.200. The Kier molecular flexibility index (Phi) is 5.37. The van der Waals surface area contributed by atoms with Crippen molar-refractivity contribution in [2.24, 2.45) is 0 Å². The lowest BCUT2D eigenvalue weighted by Crippen LogP contribution is -2.28. The molecule has 5 aromatic rings. The van der Waals surface area contributed by atoms with Gasteiger partial charge in [0.05, 0.1) is 12.3 Å². The summed E-state index contributed by atoms with van der Waals surface area (Å²) in [5, 5.41) is 11.8. The van der Waals surface area contributed by atoms with Crippen molar-refractivity contribution in [2.45, 2.75) is 27.3 Å². The molecule has 2 aromatic carbocycles. The molecule has 9 heteroatoms. The zero-order chi connectivity index (χ0) is 23.8. The Morgan fingerprint density at radius 3 is 2.53 bits per heavy atom. The molecule has 1 N–H and O–H groups in total. The van der Waals surface area contributed by atoms with Crippen LogP contribution in [0.2, 0.25) is 0 Å². The van der Waals surface area contributed by atoms with Gasteiger partial charge < -0.3 is 10.1 Å². The third kappa shape index (κ3) is 3.92. The van der Waals surface area contributed by atoms with Gasteiger partial charge in [-0.15, -0.1) is 5.10 Å². The van der Waals surface area contributed by atoms with E-state index in [2.05, 4.69) is 41.5 Å². The molecule has 34 heavy (non-hydrogen) atoms. The Morgan fingerprint density at radius 1 is 1.00 bits per heavy atom. The molecule has 5 rings (SSSR count). The van der Waals surface area contributed by atoms with Gasteiger partial charge in [-0.3, -0.25) is 4.79 Å². The Hall–Kier alpha value is -4.40. The molecule has 3 aromatic heterocycles. The summed E-state index contributed by atoms with van der Waals surface area (Å²) >= 11 is 0. The molecule has 0 aliphatic rings. The van der Waals surface area contributed by atoms with Gasteiger partial charge in [-0.2, -0.15) is 5.10 Å². The number of amides is 1. The molecule has 0 atom stereocenters. The molecular formula is C25H24N6O3. The number of nitrogens with one attached hydrogen (secondary N) is 1. The van der Waals surface area contributed by atoms with E-state index in [1.807, 2.05) is 19.1 Å². The van der Waals surface area contributed by atoms with Gasteiger partial charge in [0, 0.05) is 23.6 Å². The first-order chi connectivity index (χ1) is 16.4. The lowest BCUT2D eigenvalue weighted by Gasteiger charge is -2.06. The first-order valence-electron chi connectivity index (χ1n) is 11.0. The summed E-state index contributed by atoms with van der Waals surface area (Å²) in [5.74, 6) is 0.372. The van der Waals surface area contributed by atoms with Crippen molar-refractivity contribution in [3.8, 4) is 17.0 Å². The maximum absolute atomic E-state index is 12.9. The minimum Gasteiger partial charge on any atom is -0.494 e. The maximum Gasteiger partial charge on any atom is 0.350 e. The van der Waals surface area contributed by atoms with E-state index in [0.29, 0.717) is 23.5 Å². The van der Waals surface area contributed by atoms with E-state index in [-0.39, 0.29) is 12.5 Å². The summed E-state index contributed by atoms with van der Waals surface area (Å²) in [6.07, 6.45) is 3.32. The topological polar surface area (TPSA) is 94.9 Å². The van der Waals surface area contributed by atoms with E-state index in [1.54, 1.807) is 41.2 Å². The monoisotopic (exact) mass is 456 g/mol. The largest absolute Gasteiger partial charge is 0.494 e. The summed E-state index contributed by atoms with van der Waals surface area (Å²) in [4.78, 5) is 25.4. The van der Waals surface area contributed by atoms with Gasteiger partial charge >= 0.3 is 5.69 Å². The van der Waals surface area contributed by atoms with Crippen LogP contribution >= 0.6 is 0 Å². The van der Waals surface area contributed by atoms with Crippen molar-refractivity contribution >= 4 is 22.8 Å². The number of anilines is 1. The maximum atomic E-state index is 12.9. The molecule has 0 fully saturated rings. The number of aryl methyl sites for hydroxylation is 2. The predicted octanol–water partition coefficient (Wildman–Crippen LogP) is 3.46. The molecule has 1 amide bonds. The van der Waals surface area contributed by atoms with Crippen LogP contribution < -0.4 is 15.7 Å². The van der Waals surface area contributed by atoms with Gasteiger partial charge in [-0.1, -0.05) is 12.1 Å². The fourth-order valence-corrected chi connectivity index (χ4v) is 3.82. The number of ether oxygens (including phenoxy) is 1. The van der Waals surface area contributed by atoms with Crippen LogP contribution in [0.5, 0.6) is 5.75 Å². The quantitative estimate of drug-likeness (QED) is 0.422. The number of hydrogen-bond donors (Lipinski definition) is 1. The zero-order valence-electron chi connectivity index (χ0n) is 19.1. The van der Waals surface area contributed by atoms with E-state index in [1.165, 1.54) is 15.5 Å². The molecule has 0 unspecified atom stereocenters. The van der Waals surface area contributed by atoms with Crippen LogP contribution in [0, 0.1) is 13.8 Å². The normalized spacial score (nSPS) is 11.3. The first kappa shape index (κ1) is 21.4. The van der Waals surface area contributed by atoms with E-state index < -0.39 is 5.69 Å². The van der Waals surface area contributed by atoms with Crippen molar-refractivity contribution < 1.29 is 9.53 Å². The summed E-state index contributed by atoms with van der Waals surface area (Å²) in [6.45, 7) is 6.39. The molecule has 3 heterocycles. The van der Waals surface area contributed by atoms with Crippen LogP contribution in [0.15, 0.2) is 65.7 Å². The highest BCUT2D eigenvalue weighted by molar-refractivity contribution is 5.90. The highest BCUT2D eigenvalue weighted by Gasteiger charge is 2.15. The van der Waals surface area contributed by atoms with Crippen LogP contribution in [-0.4, -0.2) is 36.3 Å².